The lowest BCUT2D eigenvalue weighted by molar-refractivity contribution is 0.370. The summed E-state index contributed by atoms with van der Waals surface area (Å²) < 4.78 is 11.1. The number of oxazole rings is 1. The third-order valence-corrected chi connectivity index (χ3v) is 3.78. The van der Waals surface area contributed by atoms with Crippen molar-refractivity contribution in [3.63, 3.8) is 0 Å². The molecule has 0 unspecified atom stereocenters. The smallest absolute Gasteiger partial charge is 0.238 e. The third kappa shape index (κ3) is 3.61. The van der Waals surface area contributed by atoms with Gasteiger partial charge in [0.05, 0.1) is 5.02 Å². The molecule has 3 aromatic rings. The highest BCUT2D eigenvalue weighted by molar-refractivity contribution is 6.36. The minimum atomic E-state index is 0.0347. The van der Waals surface area contributed by atoms with Gasteiger partial charge in [0, 0.05) is 10.6 Å². The van der Waals surface area contributed by atoms with E-state index in [-0.39, 0.29) is 18.1 Å². The summed E-state index contributed by atoms with van der Waals surface area (Å²) >= 11 is 12.2. The van der Waals surface area contributed by atoms with Gasteiger partial charge < -0.3 is 9.15 Å². The molecule has 0 spiro atoms. The topological polar surface area (TPSA) is 59.0 Å². The van der Waals surface area contributed by atoms with Crippen molar-refractivity contribution in [1.29, 1.82) is 5.26 Å². The number of benzene rings is 2. The molecule has 0 amide bonds. The molecule has 2 aromatic carbocycles. The molecule has 0 atom stereocenters. The maximum absolute atomic E-state index is 9.51. The van der Waals surface area contributed by atoms with E-state index in [0.29, 0.717) is 32.5 Å². The molecule has 0 fully saturated rings. The highest BCUT2D eigenvalue weighted by atomic mass is 35.5. The van der Waals surface area contributed by atoms with Crippen LogP contribution in [0.25, 0.3) is 22.7 Å². The molecule has 6 heteroatoms. The Labute approximate surface area is 154 Å². The molecule has 4 nitrogen and oxygen atoms in total. The van der Waals surface area contributed by atoms with E-state index in [1.54, 1.807) is 24.3 Å². The zero-order valence-electron chi connectivity index (χ0n) is 12.8. The van der Waals surface area contributed by atoms with Gasteiger partial charge in [-0.15, -0.1) is 6.42 Å². The van der Waals surface area contributed by atoms with Crippen molar-refractivity contribution < 1.29 is 9.15 Å². The predicted molar refractivity (Wildman–Crippen MR) is 98.3 cm³/mol. The summed E-state index contributed by atoms with van der Waals surface area (Å²) in [4.78, 5) is 4.32. The lowest BCUT2D eigenvalue weighted by atomic mass is 10.1. The average Bonchev–Trinajstić information content (AvgIpc) is 3.02. The van der Waals surface area contributed by atoms with Gasteiger partial charge in [-0.3, -0.25) is 0 Å². The fraction of sp³-hybridized carbons (Fsp3) is 0.0526. The largest absolute Gasteiger partial charge is 0.479 e. The number of nitrogens with zero attached hydrogens (tertiary/aromatic N) is 2. The summed E-state index contributed by atoms with van der Waals surface area (Å²) in [7, 11) is 0. The summed E-state index contributed by atoms with van der Waals surface area (Å²) in [6.07, 6.45) is 6.78. The van der Waals surface area contributed by atoms with Crippen LogP contribution in [0.5, 0.6) is 5.75 Å². The second-order valence-corrected chi connectivity index (χ2v) is 5.80. The van der Waals surface area contributed by atoms with E-state index in [4.69, 9.17) is 38.8 Å². The van der Waals surface area contributed by atoms with Crippen molar-refractivity contribution in [2.45, 2.75) is 0 Å². The first kappa shape index (κ1) is 16.9. The molecule has 122 valence electrons. The predicted octanol–water partition coefficient (Wildman–Crippen LogP) is 5.21. The molecule has 0 radical (unpaired) electrons. The Morgan fingerprint density at radius 2 is 2.12 bits per heavy atom. The lowest BCUT2D eigenvalue weighted by Gasteiger charge is -2.09. The quantitative estimate of drug-likeness (QED) is 0.468. The molecule has 3 rings (SSSR count). The second-order valence-electron chi connectivity index (χ2n) is 4.96. The summed E-state index contributed by atoms with van der Waals surface area (Å²) in [5, 5.41) is 10.2. The van der Waals surface area contributed by atoms with Gasteiger partial charge in [0.15, 0.2) is 5.58 Å². The van der Waals surface area contributed by atoms with Crippen molar-refractivity contribution in [2.24, 2.45) is 0 Å². The number of nitriles is 1. The molecule has 1 heterocycles. The van der Waals surface area contributed by atoms with Crippen LogP contribution >= 0.6 is 23.2 Å². The molecule has 0 saturated heterocycles. The zero-order chi connectivity index (χ0) is 17.8. The first-order chi connectivity index (χ1) is 12.1. The van der Waals surface area contributed by atoms with Crippen LogP contribution in [-0.2, 0) is 0 Å². The Hall–Kier alpha value is -2.92. The van der Waals surface area contributed by atoms with E-state index >= 15 is 0 Å². The van der Waals surface area contributed by atoms with Crippen LogP contribution in [-0.4, -0.2) is 11.6 Å². The summed E-state index contributed by atoms with van der Waals surface area (Å²) in [5.74, 6) is 2.91. The van der Waals surface area contributed by atoms with Gasteiger partial charge >= 0.3 is 0 Å². The summed E-state index contributed by atoms with van der Waals surface area (Å²) in [6, 6.07) is 12.5. The van der Waals surface area contributed by atoms with Crippen molar-refractivity contribution >= 4 is 46.0 Å². The number of terminal acetylenes is 1. The van der Waals surface area contributed by atoms with Crippen LogP contribution < -0.4 is 4.74 Å². The Morgan fingerprint density at radius 3 is 2.84 bits per heavy atom. The van der Waals surface area contributed by atoms with Crippen molar-refractivity contribution in [3.8, 4) is 24.2 Å². The second kappa shape index (κ2) is 7.32. The van der Waals surface area contributed by atoms with Gasteiger partial charge in [0.2, 0.25) is 5.89 Å². The van der Waals surface area contributed by atoms with Crippen molar-refractivity contribution in [3.05, 3.63) is 57.9 Å². The van der Waals surface area contributed by atoms with E-state index < -0.39 is 0 Å². The van der Waals surface area contributed by atoms with Crippen LogP contribution in [0, 0.1) is 23.7 Å². The molecule has 0 aliphatic rings. The third-order valence-electron chi connectivity index (χ3n) is 3.28. The minimum absolute atomic E-state index is 0.0347. The number of allylic oxidation sites excluding steroid dienone is 1. The normalized spacial score (nSPS) is 11.1. The first-order valence-electron chi connectivity index (χ1n) is 7.15. The van der Waals surface area contributed by atoms with Gasteiger partial charge in [-0.05, 0) is 30.3 Å². The molecule has 0 aliphatic carbocycles. The Morgan fingerprint density at radius 1 is 1.32 bits per heavy atom. The average molecular weight is 369 g/mol. The maximum atomic E-state index is 9.51. The standard InChI is InChI=1S/C19H10Cl2N2O2/c1-2-7-24-18-12(9-14(20)10-15(18)21)8-13(11-22)19-23-16-5-3-4-6-17(16)25-19/h1,3-6,8-10H,7H2/b13-8+. The van der Waals surface area contributed by atoms with Gasteiger partial charge in [-0.2, -0.15) is 5.26 Å². The highest BCUT2D eigenvalue weighted by Gasteiger charge is 2.14. The SMILES string of the molecule is C#CCOc1c(Cl)cc(Cl)cc1/C=C(\C#N)c1nc2ccccc2o1. The summed E-state index contributed by atoms with van der Waals surface area (Å²) in [5.41, 5.74) is 1.96. The number of halogens is 2. The minimum Gasteiger partial charge on any atom is -0.479 e. The van der Waals surface area contributed by atoms with E-state index in [2.05, 4.69) is 17.0 Å². The molecule has 0 bridgehead atoms. The molecular weight excluding hydrogens is 359 g/mol. The van der Waals surface area contributed by atoms with E-state index in [0.717, 1.165) is 0 Å². The molecule has 25 heavy (non-hydrogen) atoms. The molecular formula is C19H10Cl2N2O2. The molecule has 1 aromatic heterocycles. The van der Waals surface area contributed by atoms with E-state index in [9.17, 15) is 5.26 Å². The monoisotopic (exact) mass is 368 g/mol. The van der Waals surface area contributed by atoms with Crippen LogP contribution in [0.15, 0.2) is 40.8 Å². The van der Waals surface area contributed by atoms with Gasteiger partial charge in [-0.25, -0.2) is 4.98 Å². The first-order valence-corrected chi connectivity index (χ1v) is 7.91. The lowest BCUT2D eigenvalue weighted by Crippen LogP contribution is -1.97. The number of hydrogen-bond acceptors (Lipinski definition) is 4. The number of hydrogen-bond donors (Lipinski definition) is 0. The van der Waals surface area contributed by atoms with Crippen molar-refractivity contribution in [2.75, 3.05) is 6.61 Å². The Kier molecular flexibility index (Phi) is 4.95. The van der Waals surface area contributed by atoms with Crippen LogP contribution in [0.2, 0.25) is 10.0 Å². The van der Waals surface area contributed by atoms with Gasteiger partial charge in [0.1, 0.15) is 29.5 Å². The van der Waals surface area contributed by atoms with Crippen LogP contribution in [0.3, 0.4) is 0 Å². The zero-order valence-corrected chi connectivity index (χ0v) is 14.3. The number of fused-ring (bicyclic) bond motifs is 1. The number of aromatic nitrogens is 1. The fourth-order valence-electron chi connectivity index (χ4n) is 2.24. The molecule has 0 N–H and O–H groups in total. The van der Waals surface area contributed by atoms with Gasteiger partial charge in [-0.1, -0.05) is 41.3 Å². The number of rotatable bonds is 4. The molecule has 0 aliphatic heterocycles. The number of ether oxygens (including phenoxy) is 1. The summed E-state index contributed by atoms with van der Waals surface area (Å²) in [6.45, 7) is 0.0347. The molecule has 0 saturated carbocycles. The number of para-hydroxylation sites is 2. The van der Waals surface area contributed by atoms with Crippen LogP contribution in [0.4, 0.5) is 0 Å². The van der Waals surface area contributed by atoms with Gasteiger partial charge in [0.25, 0.3) is 0 Å². The Balaban J connectivity index is 2.11. The highest BCUT2D eigenvalue weighted by Crippen LogP contribution is 2.35. The Bertz CT molecular complexity index is 1020. The maximum Gasteiger partial charge on any atom is 0.238 e. The van der Waals surface area contributed by atoms with Crippen LogP contribution in [0.1, 0.15) is 11.5 Å². The van der Waals surface area contributed by atoms with E-state index in [1.807, 2.05) is 12.1 Å². The fourth-order valence-corrected chi connectivity index (χ4v) is 2.80. The van der Waals surface area contributed by atoms with E-state index in [1.165, 1.54) is 6.07 Å². The van der Waals surface area contributed by atoms with Crippen molar-refractivity contribution in [1.82, 2.24) is 4.98 Å².